The first-order valence-corrected chi connectivity index (χ1v) is 12.1. The second-order valence-corrected chi connectivity index (χ2v) is 9.30. The first kappa shape index (κ1) is 23.3. The molecule has 2 aliphatic heterocycles. The number of amides is 1. The number of carbonyl (C=O) groups is 1. The van der Waals surface area contributed by atoms with E-state index in [4.69, 9.17) is 26.4 Å². The number of hydrogen-bond acceptors (Lipinski definition) is 7. The number of hydrogen-bond donors (Lipinski definition) is 0. The molecule has 0 aromatic heterocycles. The minimum absolute atomic E-state index is 0.0546. The van der Waals surface area contributed by atoms with Gasteiger partial charge in [0.15, 0.2) is 11.5 Å². The van der Waals surface area contributed by atoms with Gasteiger partial charge in [-0.3, -0.25) is 9.69 Å². The molecule has 2 saturated heterocycles. The topological polar surface area (TPSA) is 71.8 Å². The minimum atomic E-state index is -0.0908. The highest BCUT2D eigenvalue weighted by atomic mass is 32.2. The van der Waals surface area contributed by atoms with Gasteiger partial charge in [0.1, 0.15) is 10.9 Å². The molecular weight excluding hydrogens is 456 g/mol. The largest absolute Gasteiger partial charge is 0.490 e. The monoisotopic (exact) mass is 480 g/mol. The molecule has 0 N–H and O–H groups in total. The van der Waals surface area contributed by atoms with Crippen LogP contribution < -0.4 is 9.47 Å². The van der Waals surface area contributed by atoms with Crippen LogP contribution in [0, 0.1) is 11.3 Å². The van der Waals surface area contributed by atoms with E-state index >= 15 is 0 Å². The van der Waals surface area contributed by atoms with Crippen LogP contribution in [0.5, 0.6) is 11.5 Å². The smallest absolute Gasteiger partial charge is 0.266 e. The van der Waals surface area contributed by atoms with Crippen molar-refractivity contribution < 1.29 is 19.0 Å². The summed E-state index contributed by atoms with van der Waals surface area (Å²) in [6.45, 7) is 3.87. The van der Waals surface area contributed by atoms with Crippen molar-refractivity contribution in [2.24, 2.45) is 0 Å². The molecule has 8 heteroatoms. The predicted octanol–water partition coefficient (Wildman–Crippen LogP) is 4.92. The highest BCUT2D eigenvalue weighted by Gasteiger charge is 2.34. The Morgan fingerprint density at radius 3 is 2.88 bits per heavy atom. The molecule has 33 heavy (non-hydrogen) atoms. The van der Waals surface area contributed by atoms with Gasteiger partial charge in [-0.05, 0) is 49.6 Å². The molecule has 2 aromatic rings. The zero-order valence-electron chi connectivity index (χ0n) is 18.3. The third-order valence-electron chi connectivity index (χ3n) is 5.37. The number of nitriles is 1. The third kappa shape index (κ3) is 5.56. The first-order valence-electron chi connectivity index (χ1n) is 10.8. The van der Waals surface area contributed by atoms with Crippen molar-refractivity contribution >= 4 is 40.3 Å². The quantitative estimate of drug-likeness (QED) is 0.392. The standard InChI is InChI=1S/C25H24N2O4S2/c1-2-29-22-12-17(9-10-21(22)31-16-19-7-4-3-6-18(19)14-26)13-23-24(28)27(25(32)33-23)15-20-8-5-11-30-20/h3-4,6-7,9-10,12-13,20H,2,5,8,11,15-16H2,1H3/b23-13-/t20-/m0/s1. The number of thioether (sulfide) groups is 1. The van der Waals surface area contributed by atoms with Crippen molar-refractivity contribution in [3.8, 4) is 17.6 Å². The van der Waals surface area contributed by atoms with Crippen LogP contribution in [-0.4, -0.2) is 41.0 Å². The predicted molar refractivity (Wildman–Crippen MR) is 132 cm³/mol. The molecule has 2 heterocycles. The molecule has 2 aliphatic rings. The summed E-state index contributed by atoms with van der Waals surface area (Å²) in [5, 5.41) is 9.28. The van der Waals surface area contributed by atoms with E-state index in [9.17, 15) is 10.1 Å². The summed E-state index contributed by atoms with van der Waals surface area (Å²) in [5.74, 6) is 1.06. The van der Waals surface area contributed by atoms with Gasteiger partial charge in [-0.15, -0.1) is 0 Å². The Morgan fingerprint density at radius 2 is 2.12 bits per heavy atom. The van der Waals surface area contributed by atoms with E-state index in [1.54, 1.807) is 11.0 Å². The number of thiocarbonyl (C=S) groups is 1. The molecule has 6 nitrogen and oxygen atoms in total. The van der Waals surface area contributed by atoms with Crippen LogP contribution in [0.4, 0.5) is 0 Å². The Morgan fingerprint density at radius 1 is 1.27 bits per heavy atom. The summed E-state index contributed by atoms with van der Waals surface area (Å²) < 4.78 is 18.0. The van der Waals surface area contributed by atoms with Crippen LogP contribution in [-0.2, 0) is 16.1 Å². The Kier molecular flexibility index (Phi) is 7.65. The zero-order chi connectivity index (χ0) is 23.2. The van der Waals surface area contributed by atoms with Crippen molar-refractivity contribution in [3.05, 3.63) is 64.1 Å². The molecule has 2 aromatic carbocycles. The summed E-state index contributed by atoms with van der Waals surface area (Å²) in [7, 11) is 0. The maximum atomic E-state index is 12.9. The molecule has 0 unspecified atom stereocenters. The Hall–Kier alpha value is -2.86. The van der Waals surface area contributed by atoms with Crippen LogP contribution in [0.1, 0.15) is 36.5 Å². The molecule has 1 amide bonds. The molecule has 4 rings (SSSR count). The van der Waals surface area contributed by atoms with E-state index in [0.717, 1.165) is 30.6 Å². The Balaban J connectivity index is 1.50. The Bertz CT molecular complexity index is 1120. The fraction of sp³-hybridized carbons (Fsp3) is 0.320. The van der Waals surface area contributed by atoms with Crippen LogP contribution >= 0.6 is 24.0 Å². The van der Waals surface area contributed by atoms with Gasteiger partial charge in [-0.2, -0.15) is 5.26 Å². The molecule has 0 bridgehead atoms. The van der Waals surface area contributed by atoms with Gasteiger partial charge in [0.25, 0.3) is 5.91 Å². The molecule has 0 radical (unpaired) electrons. The fourth-order valence-electron chi connectivity index (χ4n) is 3.71. The van der Waals surface area contributed by atoms with Gasteiger partial charge in [-0.25, -0.2) is 0 Å². The van der Waals surface area contributed by atoms with Gasteiger partial charge in [0.2, 0.25) is 0 Å². The van der Waals surface area contributed by atoms with Crippen molar-refractivity contribution in [2.75, 3.05) is 19.8 Å². The van der Waals surface area contributed by atoms with E-state index in [0.29, 0.717) is 39.4 Å². The SMILES string of the molecule is CCOc1cc(/C=C2\SC(=S)N(C[C@@H]3CCCO3)C2=O)ccc1OCc1ccccc1C#N. The van der Waals surface area contributed by atoms with E-state index < -0.39 is 0 Å². The molecule has 0 spiro atoms. The maximum Gasteiger partial charge on any atom is 0.266 e. The van der Waals surface area contributed by atoms with Crippen LogP contribution in [0.25, 0.3) is 6.08 Å². The lowest BCUT2D eigenvalue weighted by molar-refractivity contribution is -0.123. The van der Waals surface area contributed by atoms with E-state index in [-0.39, 0.29) is 18.6 Å². The van der Waals surface area contributed by atoms with Crippen LogP contribution in [0.3, 0.4) is 0 Å². The second kappa shape index (κ2) is 10.8. The average molecular weight is 481 g/mol. The lowest BCUT2D eigenvalue weighted by Crippen LogP contribution is -2.35. The molecule has 0 aliphatic carbocycles. The molecule has 170 valence electrons. The summed E-state index contributed by atoms with van der Waals surface area (Å²) in [6.07, 6.45) is 3.85. The van der Waals surface area contributed by atoms with Crippen molar-refractivity contribution in [3.63, 3.8) is 0 Å². The first-order chi connectivity index (χ1) is 16.1. The number of benzene rings is 2. The molecule has 0 saturated carbocycles. The molecule has 1 atom stereocenters. The lowest BCUT2D eigenvalue weighted by atomic mass is 10.1. The molecular formula is C25H24N2O4S2. The minimum Gasteiger partial charge on any atom is -0.490 e. The summed E-state index contributed by atoms with van der Waals surface area (Å²) in [5.41, 5.74) is 2.21. The number of carbonyl (C=O) groups excluding carboxylic acids is 1. The summed E-state index contributed by atoms with van der Waals surface area (Å²) >= 11 is 6.74. The van der Waals surface area contributed by atoms with Crippen LogP contribution in [0.2, 0.25) is 0 Å². The van der Waals surface area contributed by atoms with Crippen molar-refractivity contribution in [1.82, 2.24) is 4.90 Å². The second-order valence-electron chi connectivity index (χ2n) is 7.62. The van der Waals surface area contributed by atoms with Gasteiger partial charge < -0.3 is 14.2 Å². The zero-order valence-corrected chi connectivity index (χ0v) is 19.9. The maximum absolute atomic E-state index is 12.9. The number of nitrogens with zero attached hydrogens (tertiary/aromatic N) is 2. The Labute approximate surface area is 203 Å². The van der Waals surface area contributed by atoms with Crippen LogP contribution in [0.15, 0.2) is 47.4 Å². The van der Waals surface area contributed by atoms with Gasteiger partial charge >= 0.3 is 0 Å². The van der Waals surface area contributed by atoms with Gasteiger partial charge in [0.05, 0.1) is 35.8 Å². The summed E-state index contributed by atoms with van der Waals surface area (Å²) in [4.78, 5) is 15.1. The normalized spacial score (nSPS) is 19.2. The van der Waals surface area contributed by atoms with Crippen molar-refractivity contribution in [2.45, 2.75) is 32.5 Å². The fourth-order valence-corrected chi connectivity index (χ4v) is 4.99. The van der Waals surface area contributed by atoms with Crippen molar-refractivity contribution in [1.29, 1.82) is 5.26 Å². The summed E-state index contributed by atoms with van der Waals surface area (Å²) in [6, 6.07) is 15.1. The average Bonchev–Trinajstić information content (AvgIpc) is 3.43. The number of ether oxygens (including phenoxy) is 3. The van der Waals surface area contributed by atoms with E-state index in [1.807, 2.05) is 49.4 Å². The number of rotatable bonds is 8. The highest BCUT2D eigenvalue weighted by molar-refractivity contribution is 8.26. The van der Waals surface area contributed by atoms with E-state index in [1.165, 1.54) is 11.8 Å². The molecule has 2 fully saturated rings. The van der Waals surface area contributed by atoms with Gasteiger partial charge in [-0.1, -0.05) is 48.2 Å². The third-order valence-corrected chi connectivity index (χ3v) is 6.75. The van der Waals surface area contributed by atoms with E-state index in [2.05, 4.69) is 6.07 Å². The lowest BCUT2D eigenvalue weighted by Gasteiger charge is -2.18. The highest BCUT2D eigenvalue weighted by Crippen LogP contribution is 2.35. The van der Waals surface area contributed by atoms with Gasteiger partial charge in [0, 0.05) is 12.2 Å².